The van der Waals surface area contributed by atoms with Crippen molar-refractivity contribution in [1.29, 1.82) is 0 Å². The first-order valence-corrected chi connectivity index (χ1v) is 6.90. The van der Waals surface area contributed by atoms with E-state index in [1.165, 1.54) is 43.6 Å². The number of hydrogen-bond donors (Lipinski definition) is 1. The summed E-state index contributed by atoms with van der Waals surface area (Å²) in [7, 11) is 1.85. The van der Waals surface area contributed by atoms with Crippen LogP contribution in [0, 0.1) is 0 Å². The van der Waals surface area contributed by atoms with E-state index < -0.39 is 0 Å². The van der Waals surface area contributed by atoms with Gasteiger partial charge in [0, 0.05) is 24.9 Å². The molecule has 0 radical (unpaired) electrons. The van der Waals surface area contributed by atoms with Crippen molar-refractivity contribution in [1.82, 2.24) is 5.32 Å². The number of nitrogens with one attached hydrogen (secondary N) is 1. The predicted octanol–water partition coefficient (Wildman–Crippen LogP) is 2.04. The van der Waals surface area contributed by atoms with Crippen molar-refractivity contribution in [3.63, 3.8) is 0 Å². The van der Waals surface area contributed by atoms with Crippen LogP contribution >= 0.6 is 11.8 Å². The minimum absolute atomic E-state index is 0.510. The second kappa shape index (κ2) is 5.38. The van der Waals surface area contributed by atoms with E-state index in [1.54, 1.807) is 0 Å². The summed E-state index contributed by atoms with van der Waals surface area (Å²) in [6.45, 7) is 0. The van der Waals surface area contributed by atoms with Crippen molar-refractivity contribution in [3.05, 3.63) is 0 Å². The standard InChI is InChI=1S/C11H21NOS/c1-13-11-4-2-3-9(7-11)12-10-5-6-14-8-10/h9-12H,2-8H2,1H3. The van der Waals surface area contributed by atoms with Gasteiger partial charge in [-0.15, -0.1) is 0 Å². The zero-order chi connectivity index (χ0) is 9.80. The van der Waals surface area contributed by atoms with E-state index in [0.717, 1.165) is 12.1 Å². The van der Waals surface area contributed by atoms with E-state index in [-0.39, 0.29) is 0 Å². The van der Waals surface area contributed by atoms with Gasteiger partial charge in [0.25, 0.3) is 0 Å². The molecule has 82 valence electrons. The molecule has 3 atom stereocenters. The van der Waals surface area contributed by atoms with Crippen molar-refractivity contribution in [2.75, 3.05) is 18.6 Å². The van der Waals surface area contributed by atoms with Gasteiger partial charge in [-0.2, -0.15) is 11.8 Å². The van der Waals surface area contributed by atoms with Gasteiger partial charge in [-0.3, -0.25) is 0 Å². The second-order valence-electron chi connectivity index (χ2n) is 4.45. The zero-order valence-corrected chi connectivity index (χ0v) is 9.81. The monoisotopic (exact) mass is 215 g/mol. The number of thioether (sulfide) groups is 1. The summed E-state index contributed by atoms with van der Waals surface area (Å²) >= 11 is 2.08. The Hall–Kier alpha value is 0.270. The van der Waals surface area contributed by atoms with Crippen LogP contribution in [-0.2, 0) is 4.74 Å². The van der Waals surface area contributed by atoms with Crippen molar-refractivity contribution in [2.45, 2.75) is 50.3 Å². The smallest absolute Gasteiger partial charge is 0.0586 e. The maximum absolute atomic E-state index is 5.44. The highest BCUT2D eigenvalue weighted by atomic mass is 32.2. The van der Waals surface area contributed by atoms with Crippen LogP contribution in [0.4, 0.5) is 0 Å². The number of methoxy groups -OCH3 is 1. The molecule has 0 amide bonds. The van der Waals surface area contributed by atoms with Gasteiger partial charge in [-0.1, -0.05) is 0 Å². The summed E-state index contributed by atoms with van der Waals surface area (Å²) in [5.74, 6) is 2.66. The highest BCUT2D eigenvalue weighted by Crippen LogP contribution is 2.24. The largest absolute Gasteiger partial charge is 0.381 e. The van der Waals surface area contributed by atoms with E-state index in [2.05, 4.69) is 17.1 Å². The average Bonchev–Trinajstić information content (AvgIpc) is 2.71. The van der Waals surface area contributed by atoms with Crippen molar-refractivity contribution >= 4 is 11.8 Å². The Morgan fingerprint density at radius 1 is 1.21 bits per heavy atom. The number of ether oxygens (including phenoxy) is 1. The first-order valence-electron chi connectivity index (χ1n) is 5.75. The van der Waals surface area contributed by atoms with Crippen molar-refractivity contribution < 1.29 is 4.74 Å². The Morgan fingerprint density at radius 2 is 2.14 bits per heavy atom. The molecule has 0 aromatic carbocycles. The summed E-state index contributed by atoms with van der Waals surface area (Å²) in [6.07, 6.45) is 7.03. The van der Waals surface area contributed by atoms with E-state index in [4.69, 9.17) is 4.74 Å². The van der Waals surface area contributed by atoms with Gasteiger partial charge in [0.15, 0.2) is 0 Å². The molecule has 1 aliphatic heterocycles. The minimum Gasteiger partial charge on any atom is -0.381 e. The molecule has 0 aromatic rings. The molecule has 14 heavy (non-hydrogen) atoms. The number of rotatable bonds is 3. The molecule has 1 saturated heterocycles. The van der Waals surface area contributed by atoms with Crippen LogP contribution < -0.4 is 5.32 Å². The van der Waals surface area contributed by atoms with Crippen LogP contribution in [0.2, 0.25) is 0 Å². The van der Waals surface area contributed by atoms with Crippen LogP contribution in [-0.4, -0.2) is 36.8 Å². The highest BCUT2D eigenvalue weighted by Gasteiger charge is 2.25. The predicted molar refractivity (Wildman–Crippen MR) is 61.9 cm³/mol. The van der Waals surface area contributed by atoms with E-state index in [9.17, 15) is 0 Å². The first-order chi connectivity index (χ1) is 6.88. The van der Waals surface area contributed by atoms with Crippen molar-refractivity contribution in [3.8, 4) is 0 Å². The molecule has 0 bridgehead atoms. The Bertz CT molecular complexity index is 171. The molecule has 1 heterocycles. The van der Waals surface area contributed by atoms with Gasteiger partial charge in [0.05, 0.1) is 6.10 Å². The Balaban J connectivity index is 1.73. The summed E-state index contributed by atoms with van der Waals surface area (Å²) < 4.78 is 5.44. The topological polar surface area (TPSA) is 21.3 Å². The van der Waals surface area contributed by atoms with Crippen LogP contribution in [0.1, 0.15) is 32.1 Å². The second-order valence-corrected chi connectivity index (χ2v) is 5.60. The third kappa shape index (κ3) is 2.88. The van der Waals surface area contributed by atoms with Gasteiger partial charge in [0.1, 0.15) is 0 Å². The van der Waals surface area contributed by atoms with Crippen molar-refractivity contribution in [2.24, 2.45) is 0 Å². The quantitative estimate of drug-likeness (QED) is 0.778. The summed E-state index contributed by atoms with van der Waals surface area (Å²) in [6, 6.07) is 1.50. The maximum atomic E-state index is 5.44. The van der Waals surface area contributed by atoms with Crippen LogP contribution in [0.15, 0.2) is 0 Å². The van der Waals surface area contributed by atoms with E-state index >= 15 is 0 Å². The highest BCUT2D eigenvalue weighted by molar-refractivity contribution is 7.99. The first kappa shape index (κ1) is 10.8. The van der Waals surface area contributed by atoms with Gasteiger partial charge in [0.2, 0.25) is 0 Å². The van der Waals surface area contributed by atoms with Gasteiger partial charge in [-0.25, -0.2) is 0 Å². The van der Waals surface area contributed by atoms with Crippen LogP contribution in [0.5, 0.6) is 0 Å². The molecule has 1 saturated carbocycles. The fraction of sp³-hybridized carbons (Fsp3) is 1.00. The lowest BCUT2D eigenvalue weighted by Crippen LogP contribution is -2.42. The molecular formula is C11H21NOS. The lowest BCUT2D eigenvalue weighted by molar-refractivity contribution is 0.0574. The van der Waals surface area contributed by atoms with E-state index in [0.29, 0.717) is 6.10 Å². The summed E-state index contributed by atoms with van der Waals surface area (Å²) in [4.78, 5) is 0. The van der Waals surface area contributed by atoms with E-state index in [1.807, 2.05) is 7.11 Å². The Kier molecular flexibility index (Phi) is 4.14. The molecule has 1 aliphatic carbocycles. The molecule has 2 nitrogen and oxygen atoms in total. The van der Waals surface area contributed by atoms with Crippen LogP contribution in [0.25, 0.3) is 0 Å². The Morgan fingerprint density at radius 3 is 2.86 bits per heavy atom. The van der Waals surface area contributed by atoms with Gasteiger partial charge >= 0.3 is 0 Å². The SMILES string of the molecule is COC1CCCC(NC2CCSC2)C1. The Labute approximate surface area is 91.2 Å². The molecule has 1 N–H and O–H groups in total. The summed E-state index contributed by atoms with van der Waals surface area (Å²) in [5.41, 5.74) is 0. The lowest BCUT2D eigenvalue weighted by Gasteiger charge is -2.30. The molecule has 2 fully saturated rings. The average molecular weight is 215 g/mol. The maximum Gasteiger partial charge on any atom is 0.0586 e. The fourth-order valence-electron chi connectivity index (χ4n) is 2.51. The normalized spacial score (nSPS) is 38.8. The van der Waals surface area contributed by atoms with Gasteiger partial charge < -0.3 is 10.1 Å². The zero-order valence-electron chi connectivity index (χ0n) is 9.00. The lowest BCUT2D eigenvalue weighted by atomic mass is 9.92. The molecule has 2 aliphatic rings. The molecular weight excluding hydrogens is 194 g/mol. The fourth-order valence-corrected chi connectivity index (χ4v) is 3.67. The number of hydrogen-bond acceptors (Lipinski definition) is 3. The molecule has 0 spiro atoms. The van der Waals surface area contributed by atoms with Gasteiger partial charge in [-0.05, 0) is 37.9 Å². The third-order valence-electron chi connectivity index (χ3n) is 3.36. The third-order valence-corrected chi connectivity index (χ3v) is 4.52. The summed E-state index contributed by atoms with van der Waals surface area (Å²) in [5, 5.41) is 3.78. The molecule has 3 heteroatoms. The van der Waals surface area contributed by atoms with Crippen LogP contribution in [0.3, 0.4) is 0 Å². The minimum atomic E-state index is 0.510. The molecule has 3 unspecified atom stereocenters. The molecule has 0 aromatic heterocycles. The molecule has 2 rings (SSSR count).